The van der Waals surface area contributed by atoms with E-state index in [2.05, 4.69) is 24.9 Å². The Morgan fingerprint density at radius 3 is 2.86 bits per heavy atom. The summed E-state index contributed by atoms with van der Waals surface area (Å²) in [4.78, 5) is 2.29. The summed E-state index contributed by atoms with van der Waals surface area (Å²) in [6.07, 6.45) is 5.53. The fraction of sp³-hybridized carbons (Fsp3) is 0.739. The molecular weight excluding hydrogens is 370 g/mol. The first-order chi connectivity index (χ1) is 13.9. The lowest BCUT2D eigenvalue weighted by atomic mass is 9.48. The Morgan fingerprint density at radius 2 is 2.10 bits per heavy atom. The summed E-state index contributed by atoms with van der Waals surface area (Å²) in [6.45, 7) is 3.65. The van der Waals surface area contributed by atoms with E-state index in [0.29, 0.717) is 31.6 Å². The van der Waals surface area contributed by atoms with E-state index in [1.54, 1.807) is 7.11 Å². The number of nitrogens with zero attached hydrogens (tertiary/aromatic N) is 1. The highest BCUT2D eigenvalue weighted by molar-refractivity contribution is 5.58. The maximum absolute atomic E-state index is 12.2. The van der Waals surface area contributed by atoms with Crippen LogP contribution in [0.1, 0.15) is 56.6 Å². The number of aliphatic hydroxyl groups is 1. The SMILES string of the molecule is CCCC1COC2(CCC3(O)[C@H]4Cc5ccc(OC)c(O)c5[C@@]3(CCN4C)C2)O1. The summed E-state index contributed by atoms with van der Waals surface area (Å²) in [6, 6.07) is 3.92. The van der Waals surface area contributed by atoms with E-state index in [-0.39, 0.29) is 17.9 Å². The van der Waals surface area contributed by atoms with Crippen LogP contribution < -0.4 is 4.74 Å². The van der Waals surface area contributed by atoms with Crippen LogP contribution in [0.5, 0.6) is 11.5 Å². The topological polar surface area (TPSA) is 71.4 Å². The van der Waals surface area contributed by atoms with Crippen LogP contribution in [0.3, 0.4) is 0 Å². The van der Waals surface area contributed by atoms with Crippen molar-refractivity contribution in [1.82, 2.24) is 4.90 Å². The Bertz CT molecular complexity index is 815. The minimum Gasteiger partial charge on any atom is -0.504 e. The Morgan fingerprint density at radius 1 is 1.28 bits per heavy atom. The van der Waals surface area contributed by atoms with Gasteiger partial charge in [0.2, 0.25) is 0 Å². The van der Waals surface area contributed by atoms with Gasteiger partial charge in [0.1, 0.15) is 0 Å². The van der Waals surface area contributed by atoms with Gasteiger partial charge in [0, 0.05) is 29.9 Å². The predicted octanol–water partition coefficient (Wildman–Crippen LogP) is 2.73. The zero-order valence-electron chi connectivity index (χ0n) is 17.7. The van der Waals surface area contributed by atoms with Gasteiger partial charge in [-0.3, -0.25) is 0 Å². The Labute approximate surface area is 172 Å². The molecule has 2 bridgehead atoms. The molecule has 0 aromatic heterocycles. The molecule has 2 heterocycles. The lowest BCUT2D eigenvalue weighted by Gasteiger charge is -2.65. The van der Waals surface area contributed by atoms with E-state index in [4.69, 9.17) is 14.2 Å². The number of hydrogen-bond donors (Lipinski definition) is 2. The molecule has 1 saturated carbocycles. The third kappa shape index (κ3) is 2.55. The number of ether oxygens (including phenoxy) is 3. The van der Waals surface area contributed by atoms with Crippen molar-refractivity contribution in [2.75, 3.05) is 27.3 Å². The Balaban J connectivity index is 1.64. The zero-order valence-corrected chi connectivity index (χ0v) is 17.7. The molecular formula is C23H33NO5. The predicted molar refractivity (Wildman–Crippen MR) is 108 cm³/mol. The molecule has 1 aromatic rings. The standard InChI is InChI=1S/C23H33NO5/c1-4-5-16-13-28-22(29-16)8-9-23(26)18-12-15-6-7-17(27-3)20(25)19(15)21(23,14-22)10-11-24(18)2/h6-7,16,18,25-26H,4-5,8-14H2,1-3H3/t16?,18-,21-,22?,23?/m1/s1. The normalized spacial score (nSPS) is 41.2. The molecule has 5 rings (SSSR count). The van der Waals surface area contributed by atoms with Crippen molar-refractivity contribution in [3.63, 3.8) is 0 Å². The second kappa shape index (κ2) is 6.58. The van der Waals surface area contributed by atoms with Crippen LogP contribution in [-0.2, 0) is 21.3 Å². The van der Waals surface area contributed by atoms with Gasteiger partial charge in [0.25, 0.3) is 0 Å². The molecule has 2 aliphatic carbocycles. The lowest BCUT2D eigenvalue weighted by molar-refractivity contribution is -0.262. The Hall–Kier alpha value is -1.34. The van der Waals surface area contributed by atoms with Crippen LogP contribution in [0.15, 0.2) is 12.1 Å². The number of fused-ring (bicyclic) bond motifs is 1. The van der Waals surface area contributed by atoms with Crippen LogP contribution in [0.2, 0.25) is 0 Å². The van der Waals surface area contributed by atoms with Crippen LogP contribution >= 0.6 is 0 Å². The van der Waals surface area contributed by atoms with E-state index >= 15 is 0 Å². The summed E-state index contributed by atoms with van der Waals surface area (Å²) in [5.41, 5.74) is 0.437. The van der Waals surface area contributed by atoms with Crippen LogP contribution in [0.4, 0.5) is 0 Å². The lowest BCUT2D eigenvalue weighted by Crippen LogP contribution is -2.74. The van der Waals surface area contributed by atoms with E-state index in [9.17, 15) is 10.2 Å². The molecule has 6 nitrogen and oxygen atoms in total. The van der Waals surface area contributed by atoms with Crippen molar-refractivity contribution in [2.24, 2.45) is 0 Å². The maximum atomic E-state index is 12.2. The fourth-order valence-electron chi connectivity index (χ4n) is 6.75. The van der Waals surface area contributed by atoms with E-state index in [0.717, 1.165) is 43.4 Å². The van der Waals surface area contributed by atoms with E-state index in [1.807, 2.05) is 6.07 Å². The van der Waals surface area contributed by atoms with E-state index in [1.165, 1.54) is 0 Å². The van der Waals surface area contributed by atoms with E-state index < -0.39 is 16.8 Å². The summed E-state index contributed by atoms with van der Waals surface area (Å²) >= 11 is 0. The number of likely N-dealkylation sites (tertiary alicyclic amines) is 1. The summed E-state index contributed by atoms with van der Waals surface area (Å²) < 4.78 is 18.2. The monoisotopic (exact) mass is 403 g/mol. The van der Waals surface area contributed by atoms with Crippen LogP contribution in [0, 0.1) is 0 Å². The molecule has 1 spiro atoms. The molecule has 3 unspecified atom stereocenters. The number of aromatic hydroxyl groups is 1. The number of benzene rings is 1. The highest BCUT2D eigenvalue weighted by Crippen LogP contribution is 2.63. The molecule has 5 atom stereocenters. The van der Waals surface area contributed by atoms with Crippen LogP contribution in [-0.4, -0.2) is 66.0 Å². The summed E-state index contributed by atoms with van der Waals surface area (Å²) in [5.74, 6) is -0.0300. The number of phenolic OH excluding ortho intramolecular Hbond substituents is 1. The molecule has 160 valence electrons. The number of hydrogen-bond acceptors (Lipinski definition) is 6. The first kappa shape index (κ1) is 19.6. The molecule has 0 radical (unpaired) electrons. The third-order valence-corrected chi connectivity index (χ3v) is 8.12. The number of piperidine rings is 1. The molecule has 1 aromatic carbocycles. The minimum absolute atomic E-state index is 0.0294. The van der Waals surface area contributed by atoms with Gasteiger partial charge in [0.05, 0.1) is 25.4 Å². The first-order valence-electron chi connectivity index (χ1n) is 11.0. The van der Waals surface area contributed by atoms with Gasteiger partial charge in [-0.25, -0.2) is 0 Å². The summed E-state index contributed by atoms with van der Waals surface area (Å²) in [7, 11) is 3.68. The van der Waals surface area contributed by atoms with Gasteiger partial charge in [-0.05, 0) is 50.9 Å². The fourth-order valence-corrected chi connectivity index (χ4v) is 6.75. The Kier molecular flexibility index (Phi) is 4.45. The highest BCUT2D eigenvalue weighted by Gasteiger charge is 2.69. The van der Waals surface area contributed by atoms with Crippen molar-refractivity contribution in [2.45, 2.75) is 80.8 Å². The van der Waals surface area contributed by atoms with Crippen molar-refractivity contribution in [3.05, 3.63) is 23.3 Å². The highest BCUT2D eigenvalue weighted by atomic mass is 16.7. The van der Waals surface area contributed by atoms with Gasteiger partial charge < -0.3 is 29.3 Å². The third-order valence-electron chi connectivity index (χ3n) is 8.12. The molecule has 4 aliphatic rings. The van der Waals surface area contributed by atoms with Gasteiger partial charge in [0.15, 0.2) is 17.3 Å². The molecule has 6 heteroatoms. The average molecular weight is 404 g/mol. The van der Waals surface area contributed by atoms with Gasteiger partial charge in [-0.15, -0.1) is 0 Å². The summed E-state index contributed by atoms with van der Waals surface area (Å²) in [5, 5.41) is 23.4. The molecule has 0 amide bonds. The number of methoxy groups -OCH3 is 1. The van der Waals surface area contributed by atoms with Crippen molar-refractivity contribution < 1.29 is 24.4 Å². The van der Waals surface area contributed by atoms with Gasteiger partial charge in [-0.2, -0.15) is 0 Å². The second-order valence-electron chi connectivity index (χ2n) is 9.53. The first-order valence-corrected chi connectivity index (χ1v) is 11.0. The van der Waals surface area contributed by atoms with Gasteiger partial charge >= 0.3 is 0 Å². The largest absolute Gasteiger partial charge is 0.504 e. The number of likely N-dealkylation sites (N-methyl/N-ethyl adjacent to an activating group) is 1. The smallest absolute Gasteiger partial charge is 0.169 e. The van der Waals surface area contributed by atoms with Crippen molar-refractivity contribution in [3.8, 4) is 11.5 Å². The molecule has 29 heavy (non-hydrogen) atoms. The number of rotatable bonds is 3. The van der Waals surface area contributed by atoms with Gasteiger partial charge in [-0.1, -0.05) is 19.4 Å². The maximum Gasteiger partial charge on any atom is 0.169 e. The van der Waals surface area contributed by atoms with Crippen LogP contribution in [0.25, 0.3) is 0 Å². The molecule has 2 N–H and O–H groups in total. The second-order valence-corrected chi connectivity index (χ2v) is 9.53. The zero-order chi connectivity index (χ0) is 20.4. The molecule has 2 saturated heterocycles. The average Bonchev–Trinajstić information content (AvgIpc) is 3.08. The van der Waals surface area contributed by atoms with Crippen molar-refractivity contribution in [1.29, 1.82) is 0 Å². The quantitative estimate of drug-likeness (QED) is 0.809. The minimum atomic E-state index is -0.919. The molecule has 2 aliphatic heterocycles. The number of phenols is 1. The van der Waals surface area contributed by atoms with Crippen molar-refractivity contribution >= 4 is 0 Å². The molecule has 3 fully saturated rings.